The molecule has 3 rings (SSSR count). The molecule has 2 N–H and O–H groups in total. The van der Waals surface area contributed by atoms with Crippen LogP contribution in [0.1, 0.15) is 11.1 Å². The Bertz CT molecular complexity index is 1070. The molecule has 0 saturated carbocycles. The molecule has 27 heavy (non-hydrogen) atoms. The number of benzene rings is 2. The molecule has 0 atom stereocenters. The summed E-state index contributed by atoms with van der Waals surface area (Å²) in [4.78, 5) is 19.2. The number of nitrogens with one attached hydrogen (secondary N) is 2. The Hall–Kier alpha value is -3.01. The second kappa shape index (κ2) is 8.12. The van der Waals surface area contributed by atoms with Crippen LogP contribution in [-0.2, 0) is 6.54 Å². The molecule has 0 aliphatic rings. The minimum atomic E-state index is -0.525. The van der Waals surface area contributed by atoms with Crippen molar-refractivity contribution in [2.45, 2.75) is 6.54 Å². The molecule has 0 aliphatic carbocycles. The molecule has 0 saturated heterocycles. The third-order valence-electron chi connectivity index (χ3n) is 3.86. The maximum atomic E-state index is 12.3. The van der Waals surface area contributed by atoms with Gasteiger partial charge in [-0.1, -0.05) is 29.3 Å². The van der Waals surface area contributed by atoms with Gasteiger partial charge in [-0.2, -0.15) is 5.26 Å². The number of halogens is 2. The van der Waals surface area contributed by atoms with Gasteiger partial charge in [0.15, 0.2) is 0 Å². The van der Waals surface area contributed by atoms with Crippen molar-refractivity contribution in [3.05, 3.63) is 74.0 Å². The molecule has 6 nitrogen and oxygen atoms in total. The van der Waals surface area contributed by atoms with Gasteiger partial charge in [-0.25, -0.2) is 4.98 Å². The number of nitrogens with zero attached hydrogens (tertiary/aromatic N) is 2. The highest BCUT2D eigenvalue weighted by Gasteiger charge is 2.14. The molecule has 0 spiro atoms. The molecular weight excluding hydrogens is 387 g/mol. The summed E-state index contributed by atoms with van der Waals surface area (Å²) in [5.41, 5.74) is 1.12. The Morgan fingerprint density at radius 1 is 1.22 bits per heavy atom. The van der Waals surface area contributed by atoms with Crippen molar-refractivity contribution in [1.29, 1.82) is 5.26 Å². The van der Waals surface area contributed by atoms with Gasteiger partial charge in [0, 0.05) is 22.2 Å². The standard InChI is InChI=1S/C19H14Cl2N4O2/c1-27-14-6-3-11(4-7-14)17-15(9-22)18(26)25-19(24-17)23-10-12-2-5-13(20)8-16(12)21/h2-8H,10H2,1H3,(H2,23,24,25,26). The van der Waals surface area contributed by atoms with Gasteiger partial charge in [-0.3, -0.25) is 9.78 Å². The zero-order valence-corrected chi connectivity index (χ0v) is 15.7. The van der Waals surface area contributed by atoms with Crippen molar-refractivity contribution < 1.29 is 4.74 Å². The molecule has 0 radical (unpaired) electrons. The first-order valence-corrected chi connectivity index (χ1v) is 8.64. The SMILES string of the molecule is COc1ccc(-c2nc(NCc3ccc(Cl)cc3Cl)[nH]c(=O)c2C#N)cc1. The topological polar surface area (TPSA) is 90.8 Å². The largest absolute Gasteiger partial charge is 0.497 e. The Balaban J connectivity index is 1.94. The number of hydrogen-bond acceptors (Lipinski definition) is 5. The number of nitriles is 1. The van der Waals surface area contributed by atoms with Crippen LogP contribution in [0.2, 0.25) is 10.0 Å². The van der Waals surface area contributed by atoms with Gasteiger partial charge in [0.05, 0.1) is 12.8 Å². The first kappa shape index (κ1) is 18.8. The lowest BCUT2D eigenvalue weighted by molar-refractivity contribution is 0.415. The van der Waals surface area contributed by atoms with Gasteiger partial charge in [0.25, 0.3) is 5.56 Å². The Kier molecular flexibility index (Phi) is 5.65. The summed E-state index contributed by atoms with van der Waals surface area (Å²) < 4.78 is 5.13. The van der Waals surface area contributed by atoms with Crippen LogP contribution >= 0.6 is 23.2 Å². The number of H-pyrrole nitrogens is 1. The number of hydrogen-bond donors (Lipinski definition) is 2. The van der Waals surface area contributed by atoms with Gasteiger partial charge in [-0.15, -0.1) is 0 Å². The molecule has 1 heterocycles. The summed E-state index contributed by atoms with van der Waals surface area (Å²) in [5, 5.41) is 13.4. The van der Waals surface area contributed by atoms with E-state index in [0.717, 1.165) is 5.56 Å². The van der Waals surface area contributed by atoms with E-state index in [9.17, 15) is 10.1 Å². The molecule has 0 fully saturated rings. The fourth-order valence-corrected chi connectivity index (χ4v) is 2.94. The van der Waals surface area contributed by atoms with Crippen molar-refractivity contribution in [2.24, 2.45) is 0 Å². The third kappa shape index (κ3) is 4.22. The zero-order chi connectivity index (χ0) is 19.4. The van der Waals surface area contributed by atoms with E-state index in [-0.39, 0.29) is 17.2 Å². The highest BCUT2D eigenvalue weighted by Crippen LogP contribution is 2.24. The molecule has 3 aromatic rings. The van der Waals surface area contributed by atoms with E-state index in [1.54, 1.807) is 49.6 Å². The fourth-order valence-electron chi connectivity index (χ4n) is 2.46. The molecule has 0 aliphatic heterocycles. The van der Waals surface area contributed by atoms with Crippen LogP contribution in [0.5, 0.6) is 5.75 Å². The molecule has 136 valence electrons. The minimum absolute atomic E-state index is 0.0600. The summed E-state index contributed by atoms with van der Waals surface area (Å²) in [5.74, 6) is 0.897. The maximum Gasteiger partial charge on any atom is 0.270 e. The Labute approximate surface area is 165 Å². The van der Waals surface area contributed by atoms with E-state index in [2.05, 4.69) is 15.3 Å². The van der Waals surface area contributed by atoms with Crippen LogP contribution in [0.4, 0.5) is 5.95 Å². The molecule has 0 bridgehead atoms. The number of aromatic nitrogens is 2. The fraction of sp³-hybridized carbons (Fsp3) is 0.105. The Morgan fingerprint density at radius 2 is 1.96 bits per heavy atom. The van der Waals surface area contributed by atoms with Crippen molar-refractivity contribution in [1.82, 2.24) is 9.97 Å². The smallest absolute Gasteiger partial charge is 0.270 e. The van der Waals surface area contributed by atoms with Crippen LogP contribution in [0, 0.1) is 11.3 Å². The van der Waals surface area contributed by atoms with Gasteiger partial charge in [0.2, 0.25) is 5.95 Å². The number of ether oxygens (including phenoxy) is 1. The van der Waals surface area contributed by atoms with Crippen LogP contribution in [0.25, 0.3) is 11.3 Å². The molecule has 0 amide bonds. The summed E-state index contributed by atoms with van der Waals surface area (Å²) in [6.07, 6.45) is 0. The number of rotatable bonds is 5. The lowest BCUT2D eigenvalue weighted by Crippen LogP contribution is -2.17. The van der Waals surface area contributed by atoms with Crippen molar-refractivity contribution in [3.63, 3.8) is 0 Å². The summed E-state index contributed by atoms with van der Waals surface area (Å²) in [6, 6.07) is 14.0. The summed E-state index contributed by atoms with van der Waals surface area (Å²) in [7, 11) is 1.56. The lowest BCUT2D eigenvalue weighted by atomic mass is 10.1. The van der Waals surface area contributed by atoms with E-state index in [4.69, 9.17) is 27.9 Å². The van der Waals surface area contributed by atoms with Gasteiger partial charge < -0.3 is 10.1 Å². The van der Waals surface area contributed by atoms with Crippen LogP contribution in [0.15, 0.2) is 47.3 Å². The van der Waals surface area contributed by atoms with Gasteiger partial charge >= 0.3 is 0 Å². The first-order valence-electron chi connectivity index (χ1n) is 7.88. The first-order chi connectivity index (χ1) is 13.0. The molecule has 0 unspecified atom stereocenters. The second-order valence-corrected chi connectivity index (χ2v) is 6.41. The van der Waals surface area contributed by atoms with Crippen LogP contribution in [-0.4, -0.2) is 17.1 Å². The predicted molar refractivity (Wildman–Crippen MR) is 105 cm³/mol. The van der Waals surface area contributed by atoms with Crippen LogP contribution in [0.3, 0.4) is 0 Å². The minimum Gasteiger partial charge on any atom is -0.497 e. The highest BCUT2D eigenvalue weighted by molar-refractivity contribution is 6.35. The maximum absolute atomic E-state index is 12.3. The normalized spacial score (nSPS) is 10.3. The number of anilines is 1. The third-order valence-corrected chi connectivity index (χ3v) is 4.44. The van der Waals surface area contributed by atoms with Crippen molar-refractivity contribution >= 4 is 29.2 Å². The average Bonchev–Trinajstić information content (AvgIpc) is 2.67. The predicted octanol–water partition coefficient (Wildman–Crippen LogP) is 4.24. The summed E-state index contributed by atoms with van der Waals surface area (Å²) >= 11 is 12.1. The Morgan fingerprint density at radius 3 is 2.59 bits per heavy atom. The lowest BCUT2D eigenvalue weighted by Gasteiger charge is -2.10. The highest BCUT2D eigenvalue weighted by atomic mass is 35.5. The zero-order valence-electron chi connectivity index (χ0n) is 14.2. The van der Waals surface area contributed by atoms with Crippen molar-refractivity contribution in [2.75, 3.05) is 12.4 Å². The molecule has 8 heteroatoms. The van der Waals surface area contributed by atoms with E-state index < -0.39 is 5.56 Å². The van der Waals surface area contributed by atoms with Gasteiger partial charge in [0.1, 0.15) is 17.4 Å². The van der Waals surface area contributed by atoms with E-state index in [1.807, 2.05) is 6.07 Å². The molecular formula is C19H14Cl2N4O2. The van der Waals surface area contributed by atoms with E-state index >= 15 is 0 Å². The van der Waals surface area contributed by atoms with E-state index in [0.29, 0.717) is 27.9 Å². The number of aromatic amines is 1. The monoisotopic (exact) mass is 400 g/mol. The number of methoxy groups -OCH3 is 1. The quantitative estimate of drug-likeness (QED) is 0.668. The van der Waals surface area contributed by atoms with E-state index in [1.165, 1.54) is 0 Å². The summed E-state index contributed by atoms with van der Waals surface area (Å²) in [6.45, 7) is 0.326. The van der Waals surface area contributed by atoms with Crippen molar-refractivity contribution in [3.8, 4) is 23.1 Å². The molecule has 1 aromatic heterocycles. The van der Waals surface area contributed by atoms with Gasteiger partial charge in [-0.05, 0) is 42.0 Å². The second-order valence-electron chi connectivity index (χ2n) is 5.57. The van der Waals surface area contributed by atoms with Crippen LogP contribution < -0.4 is 15.6 Å². The molecule has 2 aromatic carbocycles. The average molecular weight is 401 g/mol.